The van der Waals surface area contributed by atoms with Crippen LogP contribution in [-0.4, -0.2) is 34.1 Å². The zero-order valence-corrected chi connectivity index (χ0v) is 15.9. The third-order valence-corrected chi connectivity index (χ3v) is 5.81. The van der Waals surface area contributed by atoms with Gasteiger partial charge in [-0.25, -0.2) is 8.42 Å². The maximum absolute atomic E-state index is 13.1. The van der Waals surface area contributed by atoms with Gasteiger partial charge in [-0.1, -0.05) is 17.7 Å². The van der Waals surface area contributed by atoms with Crippen molar-refractivity contribution in [1.82, 2.24) is 0 Å². The number of nitro benzene ring substituents is 1. The molecule has 0 spiro atoms. The van der Waals surface area contributed by atoms with Crippen LogP contribution in [0.15, 0.2) is 41.3 Å². The first-order valence-electron chi connectivity index (χ1n) is 7.45. The second-order valence-electron chi connectivity index (χ2n) is 5.08. The predicted octanol–water partition coefficient (Wildman–Crippen LogP) is 3.48. The van der Waals surface area contributed by atoms with Crippen LogP contribution in [0.25, 0.3) is 0 Å². The second kappa shape index (κ2) is 7.79. The van der Waals surface area contributed by atoms with Crippen LogP contribution in [0.2, 0.25) is 5.02 Å². The van der Waals surface area contributed by atoms with Crippen molar-refractivity contribution in [1.29, 1.82) is 0 Å². The Bertz CT molecular complexity index is 932. The maximum atomic E-state index is 13.1. The molecule has 2 aromatic carbocycles. The molecule has 26 heavy (non-hydrogen) atoms. The molecule has 0 aliphatic carbocycles. The number of methoxy groups -OCH3 is 2. The molecule has 0 atom stereocenters. The van der Waals surface area contributed by atoms with Crippen molar-refractivity contribution in [2.45, 2.75) is 11.8 Å². The van der Waals surface area contributed by atoms with E-state index in [-0.39, 0.29) is 39.3 Å². The number of nitrogens with zero attached hydrogens (tertiary/aromatic N) is 2. The molecule has 0 saturated carbocycles. The SMILES string of the molecule is CCN(c1cc(OC)c(Cl)cc1OC)S(=O)(=O)c1cccc([N+](=O)[O-])c1. The van der Waals surface area contributed by atoms with Crippen molar-refractivity contribution in [2.75, 3.05) is 25.1 Å². The number of halogens is 1. The van der Waals surface area contributed by atoms with E-state index >= 15 is 0 Å². The van der Waals surface area contributed by atoms with Crippen molar-refractivity contribution in [3.63, 3.8) is 0 Å². The molecule has 2 aromatic rings. The molecule has 0 unspecified atom stereocenters. The number of non-ortho nitro benzene ring substituents is 1. The van der Waals surface area contributed by atoms with Gasteiger partial charge in [0.15, 0.2) is 0 Å². The molecule has 140 valence electrons. The highest BCUT2D eigenvalue weighted by molar-refractivity contribution is 7.92. The minimum Gasteiger partial charge on any atom is -0.495 e. The molecule has 0 aromatic heterocycles. The summed E-state index contributed by atoms with van der Waals surface area (Å²) in [5.74, 6) is 0.502. The number of sulfonamides is 1. The van der Waals surface area contributed by atoms with Gasteiger partial charge in [0.2, 0.25) is 0 Å². The molecule has 0 bridgehead atoms. The lowest BCUT2D eigenvalue weighted by atomic mass is 10.2. The largest absolute Gasteiger partial charge is 0.495 e. The third kappa shape index (κ3) is 3.68. The lowest BCUT2D eigenvalue weighted by Gasteiger charge is -2.25. The summed E-state index contributed by atoms with van der Waals surface area (Å²) in [6.45, 7) is 1.70. The third-order valence-electron chi connectivity index (χ3n) is 3.63. The van der Waals surface area contributed by atoms with Crippen LogP contribution in [0.3, 0.4) is 0 Å². The van der Waals surface area contributed by atoms with Crippen LogP contribution in [-0.2, 0) is 10.0 Å². The lowest BCUT2D eigenvalue weighted by Crippen LogP contribution is -2.31. The first-order chi connectivity index (χ1) is 12.3. The van der Waals surface area contributed by atoms with E-state index in [9.17, 15) is 18.5 Å². The highest BCUT2D eigenvalue weighted by Gasteiger charge is 2.28. The van der Waals surface area contributed by atoms with E-state index in [1.807, 2.05) is 0 Å². The molecule has 0 saturated heterocycles. The minimum atomic E-state index is -4.08. The topological polar surface area (TPSA) is 99.0 Å². The molecule has 0 fully saturated rings. The standard InChI is InChI=1S/C16H17ClN2O6S/c1-4-18(14-10-15(24-2)13(17)9-16(14)25-3)26(22,23)12-7-5-6-11(8-12)19(20)21/h5-10H,4H2,1-3H3. The van der Waals surface area contributed by atoms with Gasteiger partial charge in [0.05, 0.1) is 34.7 Å². The van der Waals surface area contributed by atoms with Crippen LogP contribution >= 0.6 is 11.6 Å². The molecule has 0 heterocycles. The van der Waals surface area contributed by atoms with E-state index in [1.165, 1.54) is 44.6 Å². The smallest absolute Gasteiger partial charge is 0.270 e. The summed E-state index contributed by atoms with van der Waals surface area (Å²) in [7, 11) is -1.29. The first-order valence-corrected chi connectivity index (χ1v) is 9.26. The number of rotatable bonds is 7. The van der Waals surface area contributed by atoms with E-state index < -0.39 is 14.9 Å². The summed E-state index contributed by atoms with van der Waals surface area (Å²) >= 11 is 6.07. The Morgan fingerprint density at radius 3 is 2.35 bits per heavy atom. The van der Waals surface area contributed by atoms with Gasteiger partial charge in [-0.05, 0) is 13.0 Å². The maximum Gasteiger partial charge on any atom is 0.270 e. The Morgan fingerprint density at radius 1 is 1.15 bits per heavy atom. The van der Waals surface area contributed by atoms with Gasteiger partial charge in [0.25, 0.3) is 15.7 Å². The summed E-state index contributed by atoms with van der Waals surface area (Å²) in [6.07, 6.45) is 0. The molecular formula is C16H17ClN2O6S. The van der Waals surface area contributed by atoms with E-state index in [0.717, 1.165) is 10.4 Å². The van der Waals surface area contributed by atoms with Gasteiger partial charge < -0.3 is 9.47 Å². The number of benzene rings is 2. The van der Waals surface area contributed by atoms with Gasteiger partial charge in [-0.2, -0.15) is 0 Å². The van der Waals surface area contributed by atoms with Crippen LogP contribution in [0, 0.1) is 10.1 Å². The first kappa shape index (κ1) is 19.8. The summed E-state index contributed by atoms with van der Waals surface area (Å²) in [4.78, 5) is 10.1. The van der Waals surface area contributed by atoms with E-state index in [2.05, 4.69) is 0 Å². The van der Waals surface area contributed by atoms with Crippen molar-refractivity contribution >= 4 is 33.0 Å². The number of hydrogen-bond acceptors (Lipinski definition) is 6. The highest BCUT2D eigenvalue weighted by Crippen LogP contribution is 2.40. The Hall–Kier alpha value is -2.52. The van der Waals surface area contributed by atoms with Crippen LogP contribution in [0.4, 0.5) is 11.4 Å². The summed E-state index contributed by atoms with van der Waals surface area (Å²) in [6, 6.07) is 7.74. The molecule has 2 rings (SSSR count). The molecule has 0 amide bonds. The summed E-state index contributed by atoms with van der Waals surface area (Å²) < 4.78 is 37.6. The van der Waals surface area contributed by atoms with Gasteiger partial charge in [0.1, 0.15) is 11.5 Å². The molecule has 0 N–H and O–H groups in total. The zero-order chi connectivity index (χ0) is 19.5. The molecule has 8 nitrogen and oxygen atoms in total. The fourth-order valence-electron chi connectivity index (χ4n) is 2.39. The molecule has 10 heteroatoms. The normalized spacial score (nSPS) is 11.1. The number of anilines is 1. The molecule has 0 aliphatic heterocycles. The number of ether oxygens (including phenoxy) is 2. The van der Waals surface area contributed by atoms with Crippen LogP contribution in [0.1, 0.15) is 6.92 Å². The van der Waals surface area contributed by atoms with Crippen molar-refractivity contribution < 1.29 is 22.8 Å². The average molecular weight is 401 g/mol. The van der Waals surface area contributed by atoms with E-state index in [0.29, 0.717) is 0 Å². The monoisotopic (exact) mass is 400 g/mol. The lowest BCUT2D eigenvalue weighted by molar-refractivity contribution is -0.385. The number of nitro groups is 1. The van der Waals surface area contributed by atoms with Crippen molar-refractivity contribution in [2.24, 2.45) is 0 Å². The second-order valence-corrected chi connectivity index (χ2v) is 7.35. The van der Waals surface area contributed by atoms with Gasteiger partial charge >= 0.3 is 0 Å². The Morgan fingerprint density at radius 2 is 1.81 bits per heavy atom. The Balaban J connectivity index is 2.64. The van der Waals surface area contributed by atoms with E-state index in [4.69, 9.17) is 21.1 Å². The molecule has 0 radical (unpaired) electrons. The summed E-state index contributed by atoms with van der Waals surface area (Å²) in [5, 5.41) is 11.2. The fourth-order valence-corrected chi connectivity index (χ4v) is 4.14. The minimum absolute atomic E-state index is 0.0617. The zero-order valence-electron chi connectivity index (χ0n) is 14.3. The summed E-state index contributed by atoms with van der Waals surface area (Å²) in [5.41, 5.74) is -0.106. The Labute approximate surface area is 156 Å². The molecule has 0 aliphatic rings. The van der Waals surface area contributed by atoms with Crippen molar-refractivity contribution in [3.8, 4) is 11.5 Å². The van der Waals surface area contributed by atoms with E-state index in [1.54, 1.807) is 6.92 Å². The predicted molar refractivity (Wildman–Crippen MR) is 97.9 cm³/mol. The fraction of sp³-hybridized carbons (Fsp3) is 0.250. The Kier molecular flexibility index (Phi) is 5.94. The van der Waals surface area contributed by atoms with Gasteiger partial charge in [0, 0.05) is 30.8 Å². The number of hydrogen-bond donors (Lipinski definition) is 0. The molecular weight excluding hydrogens is 384 g/mol. The van der Waals surface area contributed by atoms with Crippen LogP contribution in [0.5, 0.6) is 11.5 Å². The highest BCUT2D eigenvalue weighted by atomic mass is 35.5. The van der Waals surface area contributed by atoms with Gasteiger partial charge in [-0.3, -0.25) is 14.4 Å². The van der Waals surface area contributed by atoms with Crippen LogP contribution < -0.4 is 13.8 Å². The average Bonchev–Trinajstić information content (AvgIpc) is 2.62. The quantitative estimate of drug-likeness (QED) is 0.521. The van der Waals surface area contributed by atoms with Crippen molar-refractivity contribution in [3.05, 3.63) is 51.5 Å². The van der Waals surface area contributed by atoms with Gasteiger partial charge in [-0.15, -0.1) is 0 Å².